The summed E-state index contributed by atoms with van der Waals surface area (Å²) in [5.41, 5.74) is 4.58. The van der Waals surface area contributed by atoms with Crippen LogP contribution in [0.4, 0.5) is 5.69 Å². The lowest BCUT2D eigenvalue weighted by molar-refractivity contribution is -0.132. The number of amides is 1. The summed E-state index contributed by atoms with van der Waals surface area (Å²) < 4.78 is 5.27. The average molecular weight is 465 g/mol. The second kappa shape index (κ2) is 9.11. The van der Waals surface area contributed by atoms with E-state index in [-0.39, 0.29) is 11.3 Å². The van der Waals surface area contributed by atoms with Crippen LogP contribution in [0.25, 0.3) is 5.76 Å². The number of nitrogens with zero attached hydrogens (tertiary/aromatic N) is 2. The molecular formula is C29H24N2O4. The van der Waals surface area contributed by atoms with Crippen LogP contribution in [0.2, 0.25) is 0 Å². The van der Waals surface area contributed by atoms with Gasteiger partial charge in [-0.3, -0.25) is 14.5 Å². The van der Waals surface area contributed by atoms with E-state index in [9.17, 15) is 14.7 Å². The lowest BCUT2D eigenvalue weighted by Gasteiger charge is -2.25. The maximum Gasteiger partial charge on any atom is 0.300 e. The molecule has 0 radical (unpaired) electrons. The molecule has 1 aliphatic heterocycles. The molecule has 0 aromatic heterocycles. The molecule has 1 N–H and O–H groups in total. The van der Waals surface area contributed by atoms with Crippen molar-refractivity contribution >= 4 is 23.1 Å². The van der Waals surface area contributed by atoms with E-state index in [4.69, 9.17) is 10.00 Å². The van der Waals surface area contributed by atoms with Crippen LogP contribution >= 0.6 is 0 Å². The van der Waals surface area contributed by atoms with E-state index >= 15 is 0 Å². The number of rotatable bonds is 4. The average Bonchev–Trinajstić information content (AvgIpc) is 3.18. The van der Waals surface area contributed by atoms with Gasteiger partial charge in [-0.25, -0.2) is 0 Å². The van der Waals surface area contributed by atoms with Crippen molar-refractivity contribution in [3.05, 3.63) is 100 Å². The number of carbonyl (C=O) groups is 2. The number of hydrogen-bond donors (Lipinski definition) is 1. The van der Waals surface area contributed by atoms with Crippen LogP contribution in [0.15, 0.2) is 72.3 Å². The summed E-state index contributed by atoms with van der Waals surface area (Å²) in [4.78, 5) is 28.0. The first-order valence-corrected chi connectivity index (χ1v) is 11.6. The Bertz CT molecular complexity index is 1380. The summed E-state index contributed by atoms with van der Waals surface area (Å²) in [7, 11) is 1.56. The minimum Gasteiger partial charge on any atom is -0.507 e. The standard InChI is InChI=1S/C29H24N2O4/c1-35-24-14-10-20(11-15-24)26-25(27(32)22-9-8-19-4-2-3-5-21(19)16-22)28(33)29(34)31(26)23-12-6-18(17-30)7-13-23/h6-16,26,32H,2-5H2,1H3/b27-25-. The maximum absolute atomic E-state index is 13.3. The van der Waals surface area contributed by atoms with Crippen molar-refractivity contribution in [2.75, 3.05) is 12.0 Å². The van der Waals surface area contributed by atoms with Gasteiger partial charge in [-0.2, -0.15) is 5.26 Å². The third-order valence-electron chi connectivity index (χ3n) is 6.77. The highest BCUT2D eigenvalue weighted by molar-refractivity contribution is 6.51. The second-order valence-corrected chi connectivity index (χ2v) is 8.79. The molecule has 35 heavy (non-hydrogen) atoms. The molecule has 1 atom stereocenters. The number of aliphatic hydroxyl groups excluding tert-OH is 1. The second-order valence-electron chi connectivity index (χ2n) is 8.79. The van der Waals surface area contributed by atoms with Gasteiger partial charge < -0.3 is 9.84 Å². The van der Waals surface area contributed by atoms with Crippen LogP contribution in [0.5, 0.6) is 5.75 Å². The topological polar surface area (TPSA) is 90.6 Å². The van der Waals surface area contributed by atoms with Crippen molar-refractivity contribution in [2.24, 2.45) is 0 Å². The van der Waals surface area contributed by atoms with E-state index in [0.29, 0.717) is 28.1 Å². The van der Waals surface area contributed by atoms with E-state index in [2.05, 4.69) is 6.07 Å². The Morgan fingerprint density at radius 2 is 1.66 bits per heavy atom. The summed E-state index contributed by atoms with van der Waals surface area (Å²) in [6, 6.07) is 20.5. The van der Waals surface area contributed by atoms with E-state index in [1.54, 1.807) is 55.6 Å². The molecule has 6 heteroatoms. The van der Waals surface area contributed by atoms with Gasteiger partial charge in [0.05, 0.1) is 30.4 Å². The van der Waals surface area contributed by atoms with E-state index in [0.717, 1.165) is 25.7 Å². The number of aliphatic hydroxyl groups is 1. The van der Waals surface area contributed by atoms with Crippen LogP contribution in [-0.4, -0.2) is 23.9 Å². The first-order valence-electron chi connectivity index (χ1n) is 11.6. The highest BCUT2D eigenvalue weighted by Gasteiger charge is 2.47. The molecule has 2 aliphatic rings. The molecule has 0 spiro atoms. The Kier molecular flexibility index (Phi) is 5.84. The number of Topliss-reactive ketones (excluding diaryl/α,β-unsaturated/α-hetero) is 1. The minimum absolute atomic E-state index is 0.0419. The molecule has 1 amide bonds. The van der Waals surface area contributed by atoms with Crippen molar-refractivity contribution in [3.63, 3.8) is 0 Å². The number of nitriles is 1. The lowest BCUT2D eigenvalue weighted by Crippen LogP contribution is -2.29. The molecule has 0 bridgehead atoms. The third-order valence-corrected chi connectivity index (χ3v) is 6.77. The molecule has 1 fully saturated rings. The zero-order valence-electron chi connectivity index (χ0n) is 19.3. The predicted molar refractivity (Wildman–Crippen MR) is 132 cm³/mol. The van der Waals surface area contributed by atoms with Crippen molar-refractivity contribution in [3.8, 4) is 11.8 Å². The first-order chi connectivity index (χ1) is 17.0. The largest absolute Gasteiger partial charge is 0.507 e. The van der Waals surface area contributed by atoms with E-state index in [1.807, 2.05) is 18.2 Å². The van der Waals surface area contributed by atoms with Gasteiger partial charge in [-0.05, 0) is 84.8 Å². The number of carbonyl (C=O) groups excluding carboxylic acids is 2. The summed E-state index contributed by atoms with van der Waals surface area (Å²) in [5, 5.41) is 20.6. The van der Waals surface area contributed by atoms with Crippen molar-refractivity contribution < 1.29 is 19.4 Å². The molecule has 3 aromatic rings. The highest BCUT2D eigenvalue weighted by Crippen LogP contribution is 2.42. The number of ketones is 1. The van der Waals surface area contributed by atoms with Crippen LogP contribution in [0, 0.1) is 11.3 Å². The van der Waals surface area contributed by atoms with Gasteiger partial charge in [0, 0.05) is 11.3 Å². The SMILES string of the molecule is COc1ccc(C2/C(=C(/O)c3ccc4c(c3)CCCC4)C(=O)C(=O)N2c2ccc(C#N)cc2)cc1. The fourth-order valence-electron chi connectivity index (χ4n) is 4.93. The predicted octanol–water partition coefficient (Wildman–Crippen LogP) is 5.07. The third kappa shape index (κ3) is 3.95. The number of methoxy groups -OCH3 is 1. The zero-order chi connectivity index (χ0) is 24.5. The fraction of sp³-hybridized carbons (Fsp3) is 0.207. The molecular weight excluding hydrogens is 440 g/mol. The summed E-state index contributed by atoms with van der Waals surface area (Å²) in [6.07, 6.45) is 4.17. The zero-order valence-corrected chi connectivity index (χ0v) is 19.3. The molecule has 174 valence electrons. The first kappa shape index (κ1) is 22.4. The van der Waals surface area contributed by atoms with Crippen LogP contribution in [0.3, 0.4) is 0 Å². The lowest BCUT2D eigenvalue weighted by atomic mass is 9.88. The molecule has 1 saturated heterocycles. The van der Waals surface area contributed by atoms with Gasteiger partial charge in [0.2, 0.25) is 0 Å². The molecule has 3 aromatic carbocycles. The van der Waals surface area contributed by atoms with Crippen LogP contribution in [0.1, 0.15) is 46.7 Å². The number of ether oxygens (including phenoxy) is 1. The Balaban J connectivity index is 1.67. The highest BCUT2D eigenvalue weighted by atomic mass is 16.5. The van der Waals surface area contributed by atoms with Gasteiger partial charge in [-0.1, -0.05) is 24.3 Å². The molecule has 1 aliphatic carbocycles. The monoisotopic (exact) mass is 464 g/mol. The normalized spacial score (nSPS) is 18.7. The molecule has 5 rings (SSSR count). The summed E-state index contributed by atoms with van der Waals surface area (Å²) >= 11 is 0. The number of benzene rings is 3. The van der Waals surface area contributed by atoms with E-state index in [1.165, 1.54) is 16.0 Å². The smallest absolute Gasteiger partial charge is 0.300 e. The number of anilines is 1. The molecule has 1 unspecified atom stereocenters. The Morgan fingerprint density at radius 1 is 0.971 bits per heavy atom. The molecule has 0 saturated carbocycles. The van der Waals surface area contributed by atoms with Crippen LogP contribution < -0.4 is 9.64 Å². The molecule has 6 nitrogen and oxygen atoms in total. The molecule has 1 heterocycles. The fourth-order valence-corrected chi connectivity index (χ4v) is 4.93. The van der Waals surface area contributed by atoms with Gasteiger partial charge in [0.25, 0.3) is 11.7 Å². The van der Waals surface area contributed by atoms with Gasteiger partial charge in [-0.15, -0.1) is 0 Å². The van der Waals surface area contributed by atoms with Crippen LogP contribution in [-0.2, 0) is 22.4 Å². The number of hydrogen-bond acceptors (Lipinski definition) is 5. The van der Waals surface area contributed by atoms with E-state index < -0.39 is 17.7 Å². The van der Waals surface area contributed by atoms with Crippen molar-refractivity contribution in [1.29, 1.82) is 5.26 Å². The number of fused-ring (bicyclic) bond motifs is 1. The Hall–Kier alpha value is -4.37. The Labute approximate surface area is 203 Å². The minimum atomic E-state index is -0.829. The van der Waals surface area contributed by atoms with Crippen molar-refractivity contribution in [1.82, 2.24) is 0 Å². The quantitative estimate of drug-likeness (QED) is 0.331. The number of aryl methyl sites for hydroxylation is 2. The maximum atomic E-state index is 13.3. The van der Waals surface area contributed by atoms with Gasteiger partial charge >= 0.3 is 0 Å². The Morgan fingerprint density at radius 3 is 2.31 bits per heavy atom. The summed E-state index contributed by atoms with van der Waals surface area (Å²) in [6.45, 7) is 0. The van der Waals surface area contributed by atoms with Gasteiger partial charge in [0.1, 0.15) is 11.5 Å². The summed E-state index contributed by atoms with van der Waals surface area (Å²) in [5.74, 6) is -1.02. The van der Waals surface area contributed by atoms with Crippen molar-refractivity contribution in [2.45, 2.75) is 31.7 Å². The van der Waals surface area contributed by atoms with Gasteiger partial charge in [0.15, 0.2) is 0 Å².